The molecule has 13 rings (SSSR count). The molecule has 0 saturated carbocycles. The Morgan fingerprint density at radius 1 is 0.443 bits per heavy atom. The molecule has 61 heavy (non-hydrogen) atoms. The SMILES string of the molecule is c1ccc(-c2cc(-c3ccccc3)nc(-n3c4ccc(-c5ccc6oc7ccc(C8c9ccccc9-c9ccccc98)cc7c6c5)cc4c4c5nccnc5ccc43)c2)cc1. The van der Waals surface area contributed by atoms with Gasteiger partial charge in [-0.25, -0.2) is 4.98 Å². The van der Waals surface area contributed by atoms with Crippen molar-refractivity contribution in [1.29, 1.82) is 0 Å². The highest BCUT2D eigenvalue weighted by Gasteiger charge is 2.30. The highest BCUT2D eigenvalue weighted by atomic mass is 16.3. The molecule has 1 aliphatic carbocycles. The molecule has 4 heterocycles. The van der Waals surface area contributed by atoms with E-state index < -0.39 is 0 Å². The summed E-state index contributed by atoms with van der Waals surface area (Å²) in [6, 6.07) is 67.2. The largest absolute Gasteiger partial charge is 0.456 e. The van der Waals surface area contributed by atoms with E-state index in [9.17, 15) is 0 Å². The second kappa shape index (κ2) is 13.2. The summed E-state index contributed by atoms with van der Waals surface area (Å²) >= 11 is 0. The van der Waals surface area contributed by atoms with Gasteiger partial charge in [-0.15, -0.1) is 0 Å². The van der Waals surface area contributed by atoms with Crippen molar-refractivity contribution in [2.75, 3.05) is 0 Å². The summed E-state index contributed by atoms with van der Waals surface area (Å²) in [5, 5.41) is 4.36. The van der Waals surface area contributed by atoms with Crippen molar-refractivity contribution in [2.24, 2.45) is 0 Å². The number of furan rings is 1. The van der Waals surface area contributed by atoms with E-state index in [4.69, 9.17) is 19.4 Å². The Labute approximate surface area is 350 Å². The van der Waals surface area contributed by atoms with Crippen LogP contribution in [0.25, 0.3) is 105 Å². The summed E-state index contributed by atoms with van der Waals surface area (Å²) in [5.41, 5.74) is 18.6. The molecule has 0 radical (unpaired) electrons. The minimum atomic E-state index is 0.161. The highest BCUT2D eigenvalue weighted by molar-refractivity contribution is 6.20. The summed E-state index contributed by atoms with van der Waals surface area (Å²) in [7, 11) is 0. The van der Waals surface area contributed by atoms with E-state index >= 15 is 0 Å². The van der Waals surface area contributed by atoms with E-state index in [0.29, 0.717) is 0 Å². The zero-order valence-corrected chi connectivity index (χ0v) is 32.8. The minimum absolute atomic E-state index is 0.161. The molecular weight excluding hydrogens is 745 g/mol. The van der Waals surface area contributed by atoms with Gasteiger partial charge in [-0.1, -0.05) is 127 Å². The normalized spacial score (nSPS) is 12.5. The monoisotopic (exact) mass is 778 g/mol. The van der Waals surface area contributed by atoms with Gasteiger partial charge in [0.15, 0.2) is 0 Å². The van der Waals surface area contributed by atoms with Crippen molar-refractivity contribution in [2.45, 2.75) is 5.92 Å². The van der Waals surface area contributed by atoms with Crippen molar-refractivity contribution in [1.82, 2.24) is 19.5 Å². The molecule has 12 aromatic rings. The first kappa shape index (κ1) is 33.8. The van der Waals surface area contributed by atoms with E-state index in [1.807, 2.05) is 6.07 Å². The number of benzene rings is 8. The van der Waals surface area contributed by atoms with Gasteiger partial charge >= 0.3 is 0 Å². The van der Waals surface area contributed by atoms with Crippen LogP contribution in [-0.4, -0.2) is 19.5 Å². The van der Waals surface area contributed by atoms with Crippen LogP contribution < -0.4 is 0 Å². The molecule has 1 aliphatic rings. The lowest BCUT2D eigenvalue weighted by Crippen LogP contribution is -2.00. The quantitative estimate of drug-likeness (QED) is 0.175. The topological polar surface area (TPSA) is 56.7 Å². The molecule has 0 atom stereocenters. The van der Waals surface area contributed by atoms with Gasteiger partial charge in [0.25, 0.3) is 0 Å². The van der Waals surface area contributed by atoms with Crippen LogP contribution in [0, 0.1) is 0 Å². The molecule has 0 amide bonds. The van der Waals surface area contributed by atoms with Crippen LogP contribution in [0.4, 0.5) is 0 Å². The van der Waals surface area contributed by atoms with Crippen molar-refractivity contribution >= 4 is 54.8 Å². The van der Waals surface area contributed by atoms with Crippen molar-refractivity contribution in [3.05, 3.63) is 217 Å². The van der Waals surface area contributed by atoms with E-state index in [1.165, 1.54) is 27.8 Å². The van der Waals surface area contributed by atoms with Gasteiger partial charge in [-0.3, -0.25) is 14.5 Å². The van der Waals surface area contributed by atoms with Gasteiger partial charge in [0, 0.05) is 45.4 Å². The van der Waals surface area contributed by atoms with E-state index in [-0.39, 0.29) is 5.92 Å². The third-order valence-electron chi connectivity index (χ3n) is 12.6. The fraction of sp³-hybridized carbons (Fsp3) is 0.0179. The van der Waals surface area contributed by atoms with Crippen LogP contribution in [0.3, 0.4) is 0 Å². The molecule has 4 aromatic heterocycles. The summed E-state index contributed by atoms with van der Waals surface area (Å²) in [6.45, 7) is 0. The first-order valence-electron chi connectivity index (χ1n) is 20.7. The lowest BCUT2D eigenvalue weighted by atomic mass is 9.88. The Morgan fingerprint density at radius 2 is 1.07 bits per heavy atom. The molecular formula is C56H34N4O. The average molecular weight is 779 g/mol. The lowest BCUT2D eigenvalue weighted by Gasteiger charge is -2.14. The van der Waals surface area contributed by atoms with Crippen LogP contribution >= 0.6 is 0 Å². The van der Waals surface area contributed by atoms with E-state index in [2.05, 4.69) is 187 Å². The predicted molar refractivity (Wildman–Crippen MR) is 248 cm³/mol. The molecule has 0 aliphatic heterocycles. The molecule has 5 heteroatoms. The summed E-state index contributed by atoms with van der Waals surface area (Å²) in [4.78, 5) is 15.0. The fourth-order valence-electron chi connectivity index (χ4n) is 9.82. The Hall–Kier alpha value is -8.15. The van der Waals surface area contributed by atoms with Crippen LogP contribution in [0.5, 0.6) is 0 Å². The van der Waals surface area contributed by atoms with Gasteiger partial charge < -0.3 is 4.42 Å². The zero-order valence-electron chi connectivity index (χ0n) is 32.8. The summed E-state index contributed by atoms with van der Waals surface area (Å²) in [5.74, 6) is 1.00. The van der Waals surface area contributed by atoms with Crippen molar-refractivity contribution in [3.63, 3.8) is 0 Å². The first-order valence-corrected chi connectivity index (χ1v) is 20.7. The van der Waals surface area contributed by atoms with Crippen molar-refractivity contribution < 1.29 is 4.42 Å². The molecule has 0 bridgehead atoms. The molecule has 5 nitrogen and oxygen atoms in total. The number of nitrogens with zero attached hydrogens (tertiary/aromatic N) is 4. The second-order valence-electron chi connectivity index (χ2n) is 16.0. The van der Waals surface area contributed by atoms with Crippen molar-refractivity contribution in [3.8, 4) is 50.5 Å². The Balaban J connectivity index is 1.00. The number of rotatable bonds is 5. The Bertz CT molecular complexity index is 3610. The number of pyridine rings is 1. The fourth-order valence-corrected chi connectivity index (χ4v) is 9.82. The molecule has 0 fully saturated rings. The summed E-state index contributed by atoms with van der Waals surface area (Å²) in [6.07, 6.45) is 3.54. The molecule has 0 saturated heterocycles. The number of fused-ring (bicyclic) bond motifs is 11. The molecule has 0 unspecified atom stereocenters. The smallest absolute Gasteiger partial charge is 0.138 e. The maximum atomic E-state index is 6.49. The van der Waals surface area contributed by atoms with E-state index in [1.54, 1.807) is 12.4 Å². The second-order valence-corrected chi connectivity index (χ2v) is 16.0. The maximum absolute atomic E-state index is 6.49. The van der Waals surface area contributed by atoms with Gasteiger partial charge in [0.05, 0.1) is 27.8 Å². The Kier molecular flexibility index (Phi) is 7.30. The van der Waals surface area contributed by atoms with Gasteiger partial charge in [0.2, 0.25) is 0 Å². The standard InChI is InChI=1S/C56H34N4O/c1-3-11-34(12-4-1)39-32-48(35-13-5-2-6-14-35)59-53(33-39)60-49-23-19-36(30-46(49)55-50(60)24-22-47-56(55)58-28-27-57-47)37-20-25-51-44(29-37)45-31-38(21-26-52(45)61-51)54-42-17-9-7-15-40(42)41-16-8-10-18-43(41)54/h1-33,54H. The number of hydrogen-bond acceptors (Lipinski definition) is 4. The summed E-state index contributed by atoms with van der Waals surface area (Å²) < 4.78 is 8.77. The first-order chi connectivity index (χ1) is 30.2. The van der Waals surface area contributed by atoms with E-state index in [0.717, 1.165) is 94.1 Å². The molecule has 0 spiro atoms. The molecule has 8 aromatic carbocycles. The third kappa shape index (κ3) is 5.24. The van der Waals surface area contributed by atoms with Crippen LogP contribution in [0.2, 0.25) is 0 Å². The Morgan fingerprint density at radius 3 is 1.84 bits per heavy atom. The third-order valence-corrected chi connectivity index (χ3v) is 12.6. The highest BCUT2D eigenvalue weighted by Crippen LogP contribution is 2.49. The van der Waals surface area contributed by atoms with Gasteiger partial charge in [-0.05, 0) is 111 Å². The van der Waals surface area contributed by atoms with Gasteiger partial charge in [0.1, 0.15) is 17.0 Å². The van der Waals surface area contributed by atoms with Crippen LogP contribution in [0.1, 0.15) is 22.6 Å². The molecule has 0 N–H and O–H groups in total. The zero-order chi connectivity index (χ0) is 40.0. The maximum Gasteiger partial charge on any atom is 0.138 e. The average Bonchev–Trinajstić information content (AvgIpc) is 3.99. The van der Waals surface area contributed by atoms with Crippen LogP contribution in [0.15, 0.2) is 205 Å². The number of hydrogen-bond donors (Lipinski definition) is 0. The lowest BCUT2D eigenvalue weighted by molar-refractivity contribution is 0.669. The number of aromatic nitrogens is 4. The van der Waals surface area contributed by atoms with Gasteiger partial charge in [-0.2, -0.15) is 0 Å². The predicted octanol–water partition coefficient (Wildman–Crippen LogP) is 14.2. The van der Waals surface area contributed by atoms with Crippen LogP contribution in [-0.2, 0) is 0 Å². The minimum Gasteiger partial charge on any atom is -0.456 e. The molecule has 284 valence electrons.